The van der Waals surface area contributed by atoms with Crippen LogP contribution in [0.2, 0.25) is 0 Å². The molecule has 14 nitrogen and oxygen atoms in total. The van der Waals surface area contributed by atoms with Crippen LogP contribution in [0.4, 0.5) is 5.69 Å². The van der Waals surface area contributed by atoms with E-state index in [-0.39, 0.29) is 19.1 Å². The van der Waals surface area contributed by atoms with Gasteiger partial charge < -0.3 is 52.7 Å². The summed E-state index contributed by atoms with van der Waals surface area (Å²) in [5.74, 6) is -0.986. The van der Waals surface area contributed by atoms with Gasteiger partial charge in [0.2, 0.25) is 5.91 Å². The van der Waals surface area contributed by atoms with Gasteiger partial charge in [0.15, 0.2) is 0 Å². The molecule has 1 N–H and O–H groups in total. The smallest absolute Gasteiger partial charge is 0.379 e. The van der Waals surface area contributed by atoms with Crippen LogP contribution >= 0.6 is 0 Å². The first-order chi connectivity index (χ1) is 23.6. The number of hydrogen-bond donors (Lipinski definition) is 1. The molecule has 2 aromatic rings. The maximum atomic E-state index is 11.9. The molecule has 0 atom stereocenters. The summed E-state index contributed by atoms with van der Waals surface area (Å²) in [4.78, 5) is 34.6. The fourth-order valence-corrected chi connectivity index (χ4v) is 3.66. The minimum atomic E-state index is -0.900. The molecule has 2 rings (SSSR count). The molecule has 0 aromatic heterocycles. The van der Waals surface area contributed by atoms with Crippen molar-refractivity contribution >= 4 is 23.3 Å². The van der Waals surface area contributed by atoms with Gasteiger partial charge in [-0.15, -0.1) is 0 Å². The van der Waals surface area contributed by atoms with Gasteiger partial charge >= 0.3 is 5.97 Å². The second-order valence-corrected chi connectivity index (χ2v) is 9.78. The minimum absolute atomic E-state index is 0.00653. The second kappa shape index (κ2) is 28.5. The maximum Gasteiger partial charge on any atom is 0.379 e. The predicted octanol–water partition coefficient (Wildman–Crippen LogP) is 2.58. The van der Waals surface area contributed by atoms with Crippen molar-refractivity contribution in [3.63, 3.8) is 0 Å². The van der Waals surface area contributed by atoms with Crippen molar-refractivity contribution in [1.82, 2.24) is 0 Å². The average molecular weight is 680 g/mol. The lowest BCUT2D eigenvalue weighted by Crippen LogP contribution is -2.20. The van der Waals surface area contributed by atoms with Crippen LogP contribution in [-0.2, 0) is 52.2 Å². The fraction of sp³-hybridized carbons (Fsp3) is 0.559. The van der Waals surface area contributed by atoms with E-state index in [0.717, 1.165) is 5.69 Å². The van der Waals surface area contributed by atoms with E-state index < -0.39 is 11.8 Å². The molecule has 1 amide bonds. The van der Waals surface area contributed by atoms with Gasteiger partial charge in [-0.2, -0.15) is 0 Å². The molecule has 0 aliphatic rings. The van der Waals surface area contributed by atoms with E-state index in [9.17, 15) is 14.4 Å². The molecule has 14 heteroatoms. The van der Waals surface area contributed by atoms with Crippen molar-refractivity contribution in [2.75, 3.05) is 124 Å². The normalized spacial score (nSPS) is 10.9. The summed E-state index contributed by atoms with van der Waals surface area (Å²) >= 11 is 0. The van der Waals surface area contributed by atoms with E-state index in [1.807, 2.05) is 0 Å². The SMILES string of the molecule is CC(=O)Nc1ccc(OCCOCCOCCOCCOCCOCCOCCOCCOCCOC(=O)C(=O)c2ccccc2)cc1. The monoisotopic (exact) mass is 679 g/mol. The van der Waals surface area contributed by atoms with Gasteiger partial charge in [-0.1, -0.05) is 30.3 Å². The molecule has 2 aromatic carbocycles. The number of ketones is 1. The summed E-state index contributed by atoms with van der Waals surface area (Å²) in [6, 6.07) is 15.4. The van der Waals surface area contributed by atoms with Gasteiger partial charge in [0.05, 0.1) is 106 Å². The number of rotatable bonds is 31. The third-order valence-corrected chi connectivity index (χ3v) is 5.96. The molecule has 0 fully saturated rings. The number of nitrogens with one attached hydrogen (secondary N) is 1. The topological polar surface area (TPSA) is 156 Å². The zero-order valence-corrected chi connectivity index (χ0v) is 27.7. The molecule has 0 spiro atoms. The largest absolute Gasteiger partial charge is 0.491 e. The predicted molar refractivity (Wildman–Crippen MR) is 175 cm³/mol. The Balaban J connectivity index is 1.20. The van der Waals surface area contributed by atoms with Gasteiger partial charge in [-0.25, -0.2) is 4.79 Å². The van der Waals surface area contributed by atoms with Gasteiger partial charge in [-0.05, 0) is 24.3 Å². The van der Waals surface area contributed by atoms with Gasteiger partial charge in [0, 0.05) is 18.2 Å². The van der Waals surface area contributed by atoms with Crippen molar-refractivity contribution in [2.24, 2.45) is 0 Å². The standard InChI is InChI=1S/C34H49NO13/c1-29(36)35-31-7-9-32(10-8-31)47-27-25-45-23-21-43-19-17-41-15-13-39-11-12-40-14-16-42-18-20-44-22-24-46-26-28-48-34(38)33(37)30-5-3-2-4-6-30/h2-10H,11-28H2,1H3,(H,35,36). The average Bonchev–Trinajstić information content (AvgIpc) is 3.09. The van der Waals surface area contributed by atoms with Crippen molar-refractivity contribution in [3.05, 3.63) is 60.2 Å². The van der Waals surface area contributed by atoms with Crippen molar-refractivity contribution in [2.45, 2.75) is 6.92 Å². The summed E-state index contributed by atoms with van der Waals surface area (Å²) < 4.78 is 54.0. The molecule has 0 saturated heterocycles. The molecule has 0 radical (unpaired) electrons. The molecule has 0 heterocycles. The quantitative estimate of drug-likeness (QED) is 0.0538. The second-order valence-electron chi connectivity index (χ2n) is 9.78. The van der Waals surface area contributed by atoms with Gasteiger partial charge in [0.1, 0.15) is 19.0 Å². The number of amides is 1. The van der Waals surface area contributed by atoms with Gasteiger partial charge in [-0.3, -0.25) is 9.59 Å². The van der Waals surface area contributed by atoms with E-state index in [0.29, 0.717) is 117 Å². The number of carbonyl (C=O) groups excluding carboxylic acids is 3. The summed E-state index contributed by atoms with van der Waals surface area (Å²) in [5, 5.41) is 2.70. The number of benzene rings is 2. The zero-order valence-electron chi connectivity index (χ0n) is 27.7. The molecular formula is C34H49NO13. The Bertz CT molecular complexity index is 1100. The lowest BCUT2D eigenvalue weighted by molar-refractivity contribution is -0.139. The highest BCUT2D eigenvalue weighted by molar-refractivity contribution is 6.40. The molecule has 0 unspecified atom stereocenters. The minimum Gasteiger partial charge on any atom is -0.491 e. The van der Waals surface area contributed by atoms with E-state index in [4.69, 9.17) is 47.4 Å². The van der Waals surface area contributed by atoms with Crippen LogP contribution < -0.4 is 10.1 Å². The molecular weight excluding hydrogens is 630 g/mol. The van der Waals surface area contributed by atoms with E-state index in [2.05, 4.69) is 5.32 Å². The number of anilines is 1. The molecule has 0 saturated carbocycles. The number of esters is 1. The fourth-order valence-electron chi connectivity index (χ4n) is 3.66. The maximum absolute atomic E-state index is 11.9. The van der Waals surface area contributed by atoms with E-state index in [1.54, 1.807) is 54.6 Å². The first kappa shape index (κ1) is 40.7. The molecule has 0 aliphatic carbocycles. The van der Waals surface area contributed by atoms with Crippen LogP contribution in [0.25, 0.3) is 0 Å². The Morgan fingerprint density at radius 1 is 0.479 bits per heavy atom. The third-order valence-electron chi connectivity index (χ3n) is 5.96. The van der Waals surface area contributed by atoms with Crippen molar-refractivity contribution in [1.29, 1.82) is 0 Å². The Morgan fingerprint density at radius 3 is 1.25 bits per heavy atom. The zero-order chi connectivity index (χ0) is 34.3. The summed E-state index contributed by atoms with van der Waals surface area (Å²) in [5.41, 5.74) is 1.02. The van der Waals surface area contributed by atoms with Crippen LogP contribution in [0.15, 0.2) is 54.6 Å². The van der Waals surface area contributed by atoms with Crippen LogP contribution in [0.1, 0.15) is 17.3 Å². The molecule has 0 bridgehead atoms. The van der Waals surface area contributed by atoms with Crippen molar-refractivity contribution < 1.29 is 61.8 Å². The number of hydrogen-bond acceptors (Lipinski definition) is 13. The summed E-state index contributed by atoms with van der Waals surface area (Å²) in [6.45, 7) is 8.72. The first-order valence-corrected chi connectivity index (χ1v) is 15.9. The highest BCUT2D eigenvalue weighted by Gasteiger charge is 2.17. The summed E-state index contributed by atoms with van der Waals surface area (Å²) in [7, 11) is 0. The number of Topliss-reactive ketones (excluding diaryl/α,β-unsaturated/α-hetero) is 1. The first-order valence-electron chi connectivity index (χ1n) is 15.9. The van der Waals surface area contributed by atoms with Crippen LogP contribution in [0, 0.1) is 0 Å². The number of ether oxygens (including phenoxy) is 10. The number of carbonyl (C=O) groups is 3. The van der Waals surface area contributed by atoms with Crippen LogP contribution in [0.3, 0.4) is 0 Å². The van der Waals surface area contributed by atoms with Gasteiger partial charge in [0.25, 0.3) is 5.78 Å². The molecule has 268 valence electrons. The Hall–Kier alpha value is -3.47. The van der Waals surface area contributed by atoms with E-state index >= 15 is 0 Å². The van der Waals surface area contributed by atoms with Crippen molar-refractivity contribution in [3.8, 4) is 5.75 Å². The summed E-state index contributed by atoms with van der Waals surface area (Å²) in [6.07, 6.45) is 0. The molecule has 0 aliphatic heterocycles. The lowest BCUT2D eigenvalue weighted by atomic mass is 10.1. The Morgan fingerprint density at radius 2 is 0.854 bits per heavy atom. The van der Waals surface area contributed by atoms with Crippen LogP contribution in [-0.4, -0.2) is 137 Å². The lowest BCUT2D eigenvalue weighted by Gasteiger charge is -2.09. The highest BCUT2D eigenvalue weighted by Crippen LogP contribution is 2.15. The van der Waals surface area contributed by atoms with Crippen LogP contribution in [0.5, 0.6) is 5.75 Å². The van der Waals surface area contributed by atoms with E-state index in [1.165, 1.54) is 6.92 Å². The Kier molecular flexibility index (Phi) is 24.2. The highest BCUT2D eigenvalue weighted by atomic mass is 16.6. The third kappa shape index (κ3) is 22.2. The molecule has 48 heavy (non-hydrogen) atoms. The Labute approximate surface area is 282 Å².